The number of aryl methyl sites for hydroxylation is 1. The zero-order chi connectivity index (χ0) is 8.10. The molecule has 1 nitrogen and oxygen atoms in total. The Balaban J connectivity index is 0. The van der Waals surface area contributed by atoms with Gasteiger partial charge >= 0.3 is 29.6 Å². The molecule has 0 atom stereocenters. The van der Waals surface area contributed by atoms with Crippen LogP contribution in [0.1, 0.15) is 26.8 Å². The quantitative estimate of drug-likeness (QED) is 0.632. The van der Waals surface area contributed by atoms with Crippen molar-refractivity contribution < 1.29 is 36.1 Å². The molecule has 0 aliphatic rings. The van der Waals surface area contributed by atoms with Crippen molar-refractivity contribution in [2.24, 2.45) is 0 Å². The molecule has 2 heteroatoms. The molecule has 12 heavy (non-hydrogen) atoms. The molecule has 1 N–H and O–H groups in total. The first-order valence-electron chi connectivity index (χ1n) is 4.11. The van der Waals surface area contributed by atoms with Crippen molar-refractivity contribution in [2.45, 2.75) is 26.2 Å². The Bertz CT molecular complexity index is 211. The third-order valence-corrected chi connectivity index (χ3v) is 1.76. The molecule has 0 saturated carbocycles. The number of aromatic hydroxyl groups is 1. The van der Waals surface area contributed by atoms with E-state index in [4.69, 9.17) is 5.11 Å². The summed E-state index contributed by atoms with van der Waals surface area (Å²) in [6.45, 7) is 2.18. The van der Waals surface area contributed by atoms with Crippen LogP contribution in [0.5, 0.6) is 5.75 Å². The molecule has 0 radical (unpaired) electrons. The first kappa shape index (κ1) is 12.0. The predicted molar refractivity (Wildman–Crippen MR) is 47.8 cm³/mol. The largest absolute Gasteiger partial charge is 1.00 e. The zero-order valence-corrected chi connectivity index (χ0v) is 9.88. The third-order valence-electron chi connectivity index (χ3n) is 1.76. The van der Waals surface area contributed by atoms with Crippen LogP contribution in [0.25, 0.3) is 0 Å². The second kappa shape index (κ2) is 6.53. The molecule has 1 aromatic carbocycles. The molecule has 0 fully saturated rings. The van der Waals surface area contributed by atoms with E-state index in [1.165, 1.54) is 18.4 Å². The van der Waals surface area contributed by atoms with Crippen molar-refractivity contribution in [1.29, 1.82) is 0 Å². The first-order chi connectivity index (χ1) is 5.33. The molecule has 0 spiro atoms. The third kappa shape index (κ3) is 4.15. The van der Waals surface area contributed by atoms with Crippen LogP contribution in [0.2, 0.25) is 0 Å². The van der Waals surface area contributed by atoms with E-state index < -0.39 is 0 Å². The van der Waals surface area contributed by atoms with Crippen LogP contribution in [0.3, 0.4) is 0 Å². The molecule has 0 bridgehead atoms. The molecule has 0 aliphatic heterocycles. The Morgan fingerprint density at radius 3 is 2.33 bits per heavy atom. The van der Waals surface area contributed by atoms with Crippen LogP contribution < -0.4 is 29.6 Å². The Morgan fingerprint density at radius 1 is 1.25 bits per heavy atom. The summed E-state index contributed by atoms with van der Waals surface area (Å²) >= 11 is 0. The monoisotopic (exact) mass is 174 g/mol. The molecule has 1 rings (SSSR count). The van der Waals surface area contributed by atoms with Gasteiger partial charge in [-0.25, -0.2) is 0 Å². The minimum absolute atomic E-state index is 0. The summed E-state index contributed by atoms with van der Waals surface area (Å²) in [6, 6.07) is 7.44. The molecule has 0 saturated heterocycles. The number of rotatable bonds is 3. The van der Waals surface area contributed by atoms with E-state index in [-0.39, 0.29) is 31.0 Å². The van der Waals surface area contributed by atoms with Crippen LogP contribution in [0.15, 0.2) is 24.3 Å². The minimum Gasteiger partial charge on any atom is -1.00 e. The van der Waals surface area contributed by atoms with Crippen LogP contribution in [-0.4, -0.2) is 5.11 Å². The average molecular weight is 174 g/mol. The SMILES string of the molecule is CCCCc1ccc(O)cc1.[H-].[Na+]. The summed E-state index contributed by atoms with van der Waals surface area (Å²) < 4.78 is 0. The van der Waals surface area contributed by atoms with E-state index in [1.807, 2.05) is 12.1 Å². The van der Waals surface area contributed by atoms with Crippen molar-refractivity contribution in [3.05, 3.63) is 29.8 Å². The summed E-state index contributed by atoms with van der Waals surface area (Å²) in [6.07, 6.45) is 3.57. The maximum absolute atomic E-state index is 8.98. The van der Waals surface area contributed by atoms with Gasteiger partial charge in [0, 0.05) is 0 Å². The molecule has 0 aliphatic carbocycles. The number of unbranched alkanes of at least 4 members (excludes halogenated alkanes) is 1. The van der Waals surface area contributed by atoms with Gasteiger partial charge < -0.3 is 6.53 Å². The number of hydrogen-bond donors (Lipinski definition) is 1. The smallest absolute Gasteiger partial charge is 1.00 e. The van der Waals surface area contributed by atoms with Crippen molar-refractivity contribution >= 4 is 0 Å². The molecule has 0 amide bonds. The summed E-state index contributed by atoms with van der Waals surface area (Å²) in [5.41, 5.74) is 1.31. The number of phenols is 1. The van der Waals surface area contributed by atoms with Gasteiger partial charge in [0.15, 0.2) is 0 Å². The average Bonchev–Trinajstić information content (AvgIpc) is 2.04. The van der Waals surface area contributed by atoms with Crippen LogP contribution >= 0.6 is 0 Å². The van der Waals surface area contributed by atoms with Gasteiger partial charge in [0.2, 0.25) is 0 Å². The van der Waals surface area contributed by atoms with Crippen LogP contribution in [0.4, 0.5) is 0 Å². The van der Waals surface area contributed by atoms with E-state index in [0.717, 1.165) is 6.42 Å². The van der Waals surface area contributed by atoms with Gasteiger partial charge in [-0.1, -0.05) is 25.5 Å². The van der Waals surface area contributed by atoms with Gasteiger partial charge in [-0.15, -0.1) is 0 Å². The molecule has 0 unspecified atom stereocenters. The van der Waals surface area contributed by atoms with E-state index >= 15 is 0 Å². The maximum atomic E-state index is 8.98. The number of hydrogen-bond acceptors (Lipinski definition) is 1. The normalized spacial score (nSPS) is 9.08. The second-order valence-electron chi connectivity index (χ2n) is 2.77. The minimum atomic E-state index is 0. The van der Waals surface area contributed by atoms with Gasteiger partial charge in [0.25, 0.3) is 0 Å². The zero-order valence-electron chi connectivity index (χ0n) is 8.88. The van der Waals surface area contributed by atoms with Crippen molar-refractivity contribution in [3.63, 3.8) is 0 Å². The maximum Gasteiger partial charge on any atom is 1.00 e. The fourth-order valence-corrected chi connectivity index (χ4v) is 1.04. The Labute approximate surface area is 97.6 Å². The van der Waals surface area contributed by atoms with E-state index in [9.17, 15) is 0 Å². The van der Waals surface area contributed by atoms with Gasteiger partial charge in [0.05, 0.1) is 0 Å². The topological polar surface area (TPSA) is 20.2 Å². The van der Waals surface area contributed by atoms with Crippen molar-refractivity contribution in [1.82, 2.24) is 0 Å². The molecule has 0 aromatic heterocycles. The fraction of sp³-hybridized carbons (Fsp3) is 0.400. The fourth-order valence-electron chi connectivity index (χ4n) is 1.04. The Morgan fingerprint density at radius 2 is 1.83 bits per heavy atom. The van der Waals surface area contributed by atoms with Crippen LogP contribution in [-0.2, 0) is 6.42 Å². The molecule has 1 aromatic rings. The molecular formula is C10H15NaO. The summed E-state index contributed by atoms with van der Waals surface area (Å²) in [5.74, 6) is 0.352. The predicted octanol–water partition coefficient (Wildman–Crippen LogP) is -0.149. The van der Waals surface area contributed by atoms with E-state index in [2.05, 4.69) is 6.92 Å². The summed E-state index contributed by atoms with van der Waals surface area (Å²) in [7, 11) is 0. The van der Waals surface area contributed by atoms with Gasteiger partial charge in [-0.2, -0.15) is 0 Å². The molecule has 62 valence electrons. The van der Waals surface area contributed by atoms with Crippen molar-refractivity contribution in [2.75, 3.05) is 0 Å². The first-order valence-corrected chi connectivity index (χ1v) is 4.11. The van der Waals surface area contributed by atoms with E-state index in [1.54, 1.807) is 12.1 Å². The van der Waals surface area contributed by atoms with Crippen LogP contribution in [0, 0.1) is 0 Å². The summed E-state index contributed by atoms with van der Waals surface area (Å²) in [5, 5.41) is 8.98. The Hall–Kier alpha value is 0.0200. The van der Waals surface area contributed by atoms with Gasteiger partial charge in [0.1, 0.15) is 5.75 Å². The van der Waals surface area contributed by atoms with Gasteiger partial charge in [-0.3, -0.25) is 0 Å². The van der Waals surface area contributed by atoms with Gasteiger partial charge in [-0.05, 0) is 30.5 Å². The Kier molecular flexibility index (Phi) is 6.54. The van der Waals surface area contributed by atoms with Crippen molar-refractivity contribution in [3.8, 4) is 5.75 Å². The standard InChI is InChI=1S/C10H14O.Na.H/c1-2-3-4-9-5-7-10(11)8-6-9;;/h5-8,11H,2-4H2,1H3;;/q;+1;-1. The summed E-state index contributed by atoms with van der Waals surface area (Å²) in [4.78, 5) is 0. The second-order valence-corrected chi connectivity index (χ2v) is 2.77. The van der Waals surface area contributed by atoms with E-state index in [0.29, 0.717) is 5.75 Å². The molecular weight excluding hydrogens is 159 g/mol. The molecule has 0 heterocycles. The number of phenolic OH excluding ortho intramolecular Hbond substituents is 1. The number of benzene rings is 1.